The maximum atomic E-state index is 9.34. The lowest BCUT2D eigenvalue weighted by molar-refractivity contribution is 0.180. The van der Waals surface area contributed by atoms with Crippen molar-refractivity contribution in [1.82, 2.24) is 10.2 Å². The first-order chi connectivity index (χ1) is 7.69. The molecule has 1 saturated carbocycles. The van der Waals surface area contributed by atoms with Crippen molar-refractivity contribution in [3.63, 3.8) is 0 Å². The molecule has 0 amide bonds. The highest BCUT2D eigenvalue weighted by molar-refractivity contribution is 5.01. The lowest BCUT2D eigenvalue weighted by Crippen LogP contribution is -2.57. The Bertz CT molecular complexity index is 236. The molecule has 16 heavy (non-hydrogen) atoms. The summed E-state index contributed by atoms with van der Waals surface area (Å²) in [6.45, 7) is 3.18. The van der Waals surface area contributed by atoms with E-state index in [-0.39, 0.29) is 5.54 Å². The van der Waals surface area contributed by atoms with Crippen LogP contribution in [0.1, 0.15) is 25.7 Å². The zero-order valence-electron chi connectivity index (χ0n) is 10.3. The zero-order valence-corrected chi connectivity index (χ0v) is 10.3. The van der Waals surface area contributed by atoms with Gasteiger partial charge in [-0.3, -0.25) is 0 Å². The third-order valence-electron chi connectivity index (χ3n) is 4.32. The minimum Gasteiger partial charge on any atom is -0.396 e. The summed E-state index contributed by atoms with van der Waals surface area (Å²) in [4.78, 5) is 2.34. The third kappa shape index (κ3) is 2.40. The van der Waals surface area contributed by atoms with Crippen molar-refractivity contribution >= 4 is 0 Å². The zero-order chi connectivity index (χ0) is 11.6. The molecule has 0 aromatic carbocycles. The van der Waals surface area contributed by atoms with Crippen molar-refractivity contribution in [3.8, 4) is 0 Å². The molecule has 4 heteroatoms. The van der Waals surface area contributed by atoms with Crippen LogP contribution in [0, 0.1) is 5.92 Å². The standard InChI is InChI=1S/C12H25N3O/c1-15-6-5-12(8-13,9-15)14-11-4-2-3-10(11)7-16/h10-11,14,16H,2-9,13H2,1H3. The third-order valence-corrected chi connectivity index (χ3v) is 4.32. The predicted octanol–water partition coefficient (Wildman–Crippen LogP) is -0.230. The molecule has 0 spiro atoms. The molecule has 94 valence electrons. The Morgan fingerprint density at radius 2 is 2.31 bits per heavy atom. The van der Waals surface area contributed by atoms with Crippen molar-refractivity contribution < 1.29 is 5.11 Å². The minimum atomic E-state index is 0.0944. The van der Waals surface area contributed by atoms with Crippen molar-refractivity contribution in [2.75, 3.05) is 33.3 Å². The van der Waals surface area contributed by atoms with Gasteiger partial charge in [-0.25, -0.2) is 0 Å². The monoisotopic (exact) mass is 227 g/mol. The van der Waals surface area contributed by atoms with E-state index in [0.29, 0.717) is 25.1 Å². The highest BCUT2D eigenvalue weighted by Crippen LogP contribution is 2.29. The van der Waals surface area contributed by atoms with Crippen LogP contribution in [0.15, 0.2) is 0 Å². The average molecular weight is 227 g/mol. The molecule has 1 heterocycles. The van der Waals surface area contributed by atoms with Crippen LogP contribution in [0.25, 0.3) is 0 Å². The van der Waals surface area contributed by atoms with Gasteiger partial charge < -0.3 is 21.1 Å². The molecular formula is C12H25N3O. The Morgan fingerprint density at radius 3 is 2.88 bits per heavy atom. The number of aliphatic hydroxyl groups excluding tert-OH is 1. The molecule has 3 atom stereocenters. The molecule has 1 aliphatic heterocycles. The second kappa shape index (κ2) is 5.00. The molecule has 3 unspecified atom stereocenters. The van der Waals surface area contributed by atoms with Gasteiger partial charge in [0.2, 0.25) is 0 Å². The number of nitrogens with zero attached hydrogens (tertiary/aromatic N) is 1. The second-order valence-corrected chi connectivity index (χ2v) is 5.60. The molecule has 2 rings (SSSR count). The van der Waals surface area contributed by atoms with Crippen LogP contribution in [-0.2, 0) is 0 Å². The molecule has 1 saturated heterocycles. The van der Waals surface area contributed by atoms with Crippen LogP contribution >= 0.6 is 0 Å². The predicted molar refractivity (Wildman–Crippen MR) is 65.2 cm³/mol. The minimum absolute atomic E-state index is 0.0944. The lowest BCUT2D eigenvalue weighted by atomic mass is 9.94. The SMILES string of the molecule is CN1CCC(CN)(NC2CCCC2CO)C1. The van der Waals surface area contributed by atoms with E-state index < -0.39 is 0 Å². The van der Waals surface area contributed by atoms with Gasteiger partial charge in [-0.2, -0.15) is 0 Å². The Morgan fingerprint density at radius 1 is 1.50 bits per heavy atom. The highest BCUT2D eigenvalue weighted by Gasteiger charge is 2.39. The van der Waals surface area contributed by atoms with Gasteiger partial charge in [0, 0.05) is 31.3 Å². The number of hydrogen-bond acceptors (Lipinski definition) is 4. The molecule has 1 aliphatic carbocycles. The van der Waals surface area contributed by atoms with Crippen LogP contribution in [0.2, 0.25) is 0 Å². The second-order valence-electron chi connectivity index (χ2n) is 5.60. The van der Waals surface area contributed by atoms with E-state index in [1.54, 1.807) is 0 Å². The van der Waals surface area contributed by atoms with Crippen LogP contribution in [0.5, 0.6) is 0 Å². The summed E-state index contributed by atoms with van der Waals surface area (Å²) in [6, 6.07) is 0.472. The number of rotatable bonds is 4. The van der Waals surface area contributed by atoms with E-state index in [1.807, 2.05) is 0 Å². The first-order valence-corrected chi connectivity index (χ1v) is 6.46. The van der Waals surface area contributed by atoms with Gasteiger partial charge in [0.05, 0.1) is 0 Å². The van der Waals surface area contributed by atoms with Gasteiger partial charge in [-0.15, -0.1) is 0 Å². The summed E-state index contributed by atoms with van der Waals surface area (Å²) in [5.74, 6) is 0.439. The van der Waals surface area contributed by atoms with Crippen LogP contribution in [-0.4, -0.2) is 54.9 Å². The summed E-state index contributed by atoms with van der Waals surface area (Å²) in [5.41, 5.74) is 6.04. The number of hydrogen-bond donors (Lipinski definition) is 3. The van der Waals surface area contributed by atoms with Crippen LogP contribution in [0.3, 0.4) is 0 Å². The molecule has 0 aromatic rings. The fraction of sp³-hybridized carbons (Fsp3) is 1.00. The molecule has 2 fully saturated rings. The summed E-state index contributed by atoms with van der Waals surface area (Å²) in [5, 5.41) is 13.1. The quantitative estimate of drug-likeness (QED) is 0.621. The topological polar surface area (TPSA) is 61.5 Å². The first kappa shape index (κ1) is 12.3. The molecule has 0 bridgehead atoms. The van der Waals surface area contributed by atoms with Crippen LogP contribution in [0.4, 0.5) is 0 Å². The van der Waals surface area contributed by atoms with Gasteiger partial charge in [-0.1, -0.05) is 6.42 Å². The van der Waals surface area contributed by atoms with Gasteiger partial charge in [0.1, 0.15) is 0 Å². The summed E-state index contributed by atoms with van der Waals surface area (Å²) >= 11 is 0. The molecule has 4 N–H and O–H groups in total. The van der Waals surface area contributed by atoms with Crippen LogP contribution < -0.4 is 11.1 Å². The van der Waals surface area contributed by atoms with Crippen molar-refractivity contribution in [1.29, 1.82) is 0 Å². The highest BCUT2D eigenvalue weighted by atomic mass is 16.3. The largest absolute Gasteiger partial charge is 0.396 e. The molecule has 0 radical (unpaired) electrons. The number of aliphatic hydroxyl groups is 1. The maximum Gasteiger partial charge on any atom is 0.0474 e. The lowest BCUT2D eigenvalue weighted by Gasteiger charge is -2.34. The van der Waals surface area contributed by atoms with Gasteiger partial charge >= 0.3 is 0 Å². The first-order valence-electron chi connectivity index (χ1n) is 6.46. The molecular weight excluding hydrogens is 202 g/mol. The van der Waals surface area contributed by atoms with Gasteiger partial charge in [-0.05, 0) is 38.8 Å². The Kier molecular flexibility index (Phi) is 3.85. The van der Waals surface area contributed by atoms with Crippen molar-refractivity contribution in [3.05, 3.63) is 0 Å². The Balaban J connectivity index is 1.96. The van der Waals surface area contributed by atoms with E-state index in [2.05, 4.69) is 17.3 Å². The van der Waals surface area contributed by atoms with Crippen molar-refractivity contribution in [2.45, 2.75) is 37.3 Å². The van der Waals surface area contributed by atoms with Gasteiger partial charge in [0.25, 0.3) is 0 Å². The normalized spacial score (nSPS) is 40.7. The molecule has 0 aromatic heterocycles. The van der Waals surface area contributed by atoms with E-state index in [9.17, 15) is 5.11 Å². The smallest absolute Gasteiger partial charge is 0.0474 e. The van der Waals surface area contributed by atoms with E-state index in [0.717, 1.165) is 25.9 Å². The molecule has 2 aliphatic rings. The average Bonchev–Trinajstić information content (AvgIpc) is 2.86. The number of likely N-dealkylation sites (N-methyl/N-ethyl adjacent to an activating group) is 1. The fourth-order valence-electron chi connectivity index (χ4n) is 3.26. The summed E-state index contributed by atoms with van der Waals surface area (Å²) in [6.07, 6.45) is 4.72. The van der Waals surface area contributed by atoms with E-state index in [1.165, 1.54) is 12.8 Å². The van der Waals surface area contributed by atoms with Gasteiger partial charge in [0.15, 0.2) is 0 Å². The van der Waals surface area contributed by atoms with E-state index >= 15 is 0 Å². The molecule has 4 nitrogen and oxygen atoms in total. The fourth-order valence-corrected chi connectivity index (χ4v) is 3.26. The number of nitrogens with two attached hydrogens (primary N) is 1. The van der Waals surface area contributed by atoms with E-state index in [4.69, 9.17) is 5.73 Å². The Labute approximate surface area is 98.2 Å². The number of nitrogens with one attached hydrogen (secondary N) is 1. The Hall–Kier alpha value is -0.160. The maximum absolute atomic E-state index is 9.34. The number of likely N-dealkylation sites (tertiary alicyclic amines) is 1. The summed E-state index contributed by atoms with van der Waals surface area (Å²) < 4.78 is 0. The van der Waals surface area contributed by atoms with Crippen molar-refractivity contribution in [2.24, 2.45) is 11.7 Å². The summed E-state index contributed by atoms with van der Waals surface area (Å²) in [7, 11) is 2.15.